The SMILES string of the molecule is CCC(C)c1ccccc1OC(c1ccccc1)C(C)N. The number of hydrogen-bond acceptors (Lipinski definition) is 2. The van der Waals surface area contributed by atoms with E-state index in [-0.39, 0.29) is 12.1 Å². The van der Waals surface area contributed by atoms with Crippen LogP contribution in [0.3, 0.4) is 0 Å². The van der Waals surface area contributed by atoms with Gasteiger partial charge in [-0.25, -0.2) is 0 Å². The van der Waals surface area contributed by atoms with E-state index in [0.29, 0.717) is 5.92 Å². The Bertz CT molecular complexity index is 551. The van der Waals surface area contributed by atoms with Gasteiger partial charge in [-0.15, -0.1) is 0 Å². The molecule has 0 amide bonds. The second kappa shape index (κ2) is 7.28. The molecule has 0 heterocycles. The standard InChI is InChI=1S/C19H25NO/c1-4-14(2)17-12-8-9-13-18(17)21-19(15(3)20)16-10-6-5-7-11-16/h5-15,19H,4,20H2,1-3H3. The summed E-state index contributed by atoms with van der Waals surface area (Å²) in [4.78, 5) is 0. The minimum Gasteiger partial charge on any atom is -0.484 e. The van der Waals surface area contributed by atoms with Crippen molar-refractivity contribution in [3.05, 3.63) is 65.7 Å². The lowest BCUT2D eigenvalue weighted by molar-refractivity contribution is 0.178. The highest BCUT2D eigenvalue weighted by atomic mass is 16.5. The predicted octanol–water partition coefficient (Wildman–Crippen LogP) is 4.67. The molecule has 112 valence electrons. The zero-order valence-electron chi connectivity index (χ0n) is 13.1. The molecule has 0 bridgehead atoms. The Morgan fingerprint density at radius 2 is 1.57 bits per heavy atom. The van der Waals surface area contributed by atoms with E-state index in [4.69, 9.17) is 10.5 Å². The van der Waals surface area contributed by atoms with Gasteiger partial charge in [0.25, 0.3) is 0 Å². The van der Waals surface area contributed by atoms with Gasteiger partial charge in [0.2, 0.25) is 0 Å². The van der Waals surface area contributed by atoms with Crippen LogP contribution in [0.4, 0.5) is 0 Å². The van der Waals surface area contributed by atoms with Crippen LogP contribution in [0.1, 0.15) is 50.3 Å². The van der Waals surface area contributed by atoms with E-state index in [1.807, 2.05) is 37.3 Å². The molecule has 2 rings (SSSR count). The van der Waals surface area contributed by atoms with Gasteiger partial charge < -0.3 is 10.5 Å². The van der Waals surface area contributed by atoms with Crippen LogP contribution in [-0.4, -0.2) is 6.04 Å². The first-order chi connectivity index (χ1) is 10.1. The van der Waals surface area contributed by atoms with Crippen molar-refractivity contribution in [3.8, 4) is 5.75 Å². The van der Waals surface area contributed by atoms with Gasteiger partial charge >= 0.3 is 0 Å². The fourth-order valence-electron chi connectivity index (χ4n) is 2.47. The molecule has 21 heavy (non-hydrogen) atoms. The third-order valence-corrected chi connectivity index (χ3v) is 3.92. The average Bonchev–Trinajstić information content (AvgIpc) is 2.52. The van der Waals surface area contributed by atoms with E-state index < -0.39 is 0 Å². The van der Waals surface area contributed by atoms with E-state index in [2.05, 4.69) is 38.1 Å². The van der Waals surface area contributed by atoms with Crippen molar-refractivity contribution < 1.29 is 4.74 Å². The smallest absolute Gasteiger partial charge is 0.138 e. The molecule has 2 heteroatoms. The fraction of sp³-hybridized carbons (Fsp3) is 0.368. The van der Waals surface area contributed by atoms with Crippen molar-refractivity contribution in [1.82, 2.24) is 0 Å². The molecule has 2 aromatic carbocycles. The van der Waals surface area contributed by atoms with E-state index in [1.54, 1.807) is 0 Å². The summed E-state index contributed by atoms with van der Waals surface area (Å²) in [6, 6.07) is 18.4. The predicted molar refractivity (Wildman–Crippen MR) is 88.6 cm³/mol. The van der Waals surface area contributed by atoms with Crippen LogP contribution in [0.25, 0.3) is 0 Å². The summed E-state index contributed by atoms with van der Waals surface area (Å²) < 4.78 is 6.29. The lowest BCUT2D eigenvalue weighted by Gasteiger charge is -2.25. The van der Waals surface area contributed by atoms with Gasteiger partial charge in [-0.05, 0) is 36.5 Å². The summed E-state index contributed by atoms with van der Waals surface area (Å²) in [7, 11) is 0. The molecule has 0 fully saturated rings. The molecular formula is C19H25NO. The summed E-state index contributed by atoms with van der Waals surface area (Å²) in [6.45, 7) is 6.41. The molecule has 2 N–H and O–H groups in total. The monoisotopic (exact) mass is 283 g/mol. The van der Waals surface area contributed by atoms with E-state index in [0.717, 1.165) is 17.7 Å². The average molecular weight is 283 g/mol. The van der Waals surface area contributed by atoms with Crippen molar-refractivity contribution in [2.24, 2.45) is 5.73 Å². The molecule has 0 saturated carbocycles. The summed E-state index contributed by atoms with van der Waals surface area (Å²) in [5.41, 5.74) is 8.52. The minimum atomic E-state index is -0.128. The van der Waals surface area contributed by atoms with Crippen molar-refractivity contribution in [3.63, 3.8) is 0 Å². The Labute approximate surface area is 127 Å². The van der Waals surface area contributed by atoms with Crippen LogP contribution < -0.4 is 10.5 Å². The summed E-state index contributed by atoms with van der Waals surface area (Å²) in [5, 5.41) is 0. The van der Waals surface area contributed by atoms with Crippen LogP contribution in [0.5, 0.6) is 5.75 Å². The molecule has 0 saturated heterocycles. The Balaban J connectivity index is 2.30. The molecule has 2 nitrogen and oxygen atoms in total. The lowest BCUT2D eigenvalue weighted by Crippen LogP contribution is -2.29. The van der Waals surface area contributed by atoms with Crippen molar-refractivity contribution in [2.45, 2.75) is 45.3 Å². The maximum absolute atomic E-state index is 6.29. The number of ether oxygens (including phenoxy) is 1. The first kappa shape index (κ1) is 15.6. The molecule has 0 spiro atoms. The van der Waals surface area contributed by atoms with Gasteiger partial charge in [-0.3, -0.25) is 0 Å². The van der Waals surface area contributed by atoms with Gasteiger partial charge in [-0.1, -0.05) is 62.4 Å². The normalized spacial score (nSPS) is 15.2. The summed E-state index contributed by atoms with van der Waals surface area (Å²) in [6.07, 6.45) is 0.963. The number of hydrogen-bond donors (Lipinski definition) is 1. The van der Waals surface area contributed by atoms with Gasteiger partial charge in [0.15, 0.2) is 0 Å². The molecule has 0 radical (unpaired) electrons. The van der Waals surface area contributed by atoms with Crippen LogP contribution in [0, 0.1) is 0 Å². The molecular weight excluding hydrogens is 258 g/mol. The largest absolute Gasteiger partial charge is 0.484 e. The lowest BCUT2D eigenvalue weighted by atomic mass is 9.97. The number of para-hydroxylation sites is 1. The summed E-state index contributed by atoms with van der Waals surface area (Å²) in [5.74, 6) is 1.42. The summed E-state index contributed by atoms with van der Waals surface area (Å²) >= 11 is 0. The first-order valence-corrected chi connectivity index (χ1v) is 7.69. The molecule has 2 aromatic rings. The van der Waals surface area contributed by atoms with Gasteiger partial charge in [0, 0.05) is 6.04 Å². The number of rotatable bonds is 6. The third kappa shape index (κ3) is 3.85. The minimum absolute atomic E-state index is 0.0719. The topological polar surface area (TPSA) is 35.2 Å². The van der Waals surface area contributed by atoms with Crippen LogP contribution in [0.2, 0.25) is 0 Å². The van der Waals surface area contributed by atoms with Crippen LogP contribution in [0.15, 0.2) is 54.6 Å². The molecule has 0 aliphatic carbocycles. The van der Waals surface area contributed by atoms with Gasteiger partial charge in [0.05, 0.1) is 0 Å². The van der Waals surface area contributed by atoms with Crippen LogP contribution in [-0.2, 0) is 0 Å². The van der Waals surface area contributed by atoms with Crippen molar-refractivity contribution in [1.29, 1.82) is 0 Å². The second-order valence-corrected chi connectivity index (χ2v) is 5.66. The van der Waals surface area contributed by atoms with Gasteiger partial charge in [-0.2, -0.15) is 0 Å². The highest BCUT2D eigenvalue weighted by molar-refractivity contribution is 5.37. The highest BCUT2D eigenvalue weighted by Gasteiger charge is 2.20. The second-order valence-electron chi connectivity index (χ2n) is 5.66. The Morgan fingerprint density at radius 3 is 2.19 bits per heavy atom. The van der Waals surface area contributed by atoms with Crippen molar-refractivity contribution in [2.75, 3.05) is 0 Å². The zero-order valence-corrected chi connectivity index (χ0v) is 13.1. The first-order valence-electron chi connectivity index (χ1n) is 7.69. The third-order valence-electron chi connectivity index (χ3n) is 3.92. The maximum Gasteiger partial charge on any atom is 0.138 e. The number of nitrogens with two attached hydrogens (primary N) is 1. The molecule has 3 atom stereocenters. The number of benzene rings is 2. The highest BCUT2D eigenvalue weighted by Crippen LogP contribution is 2.32. The van der Waals surface area contributed by atoms with E-state index in [1.165, 1.54) is 5.56 Å². The molecule has 3 unspecified atom stereocenters. The Kier molecular flexibility index (Phi) is 5.40. The Hall–Kier alpha value is -1.80. The fourth-order valence-corrected chi connectivity index (χ4v) is 2.47. The van der Waals surface area contributed by atoms with Gasteiger partial charge in [0.1, 0.15) is 11.9 Å². The molecule has 0 aromatic heterocycles. The van der Waals surface area contributed by atoms with E-state index >= 15 is 0 Å². The van der Waals surface area contributed by atoms with E-state index in [9.17, 15) is 0 Å². The quantitative estimate of drug-likeness (QED) is 0.836. The van der Waals surface area contributed by atoms with Crippen molar-refractivity contribution >= 4 is 0 Å². The Morgan fingerprint density at radius 1 is 0.952 bits per heavy atom. The van der Waals surface area contributed by atoms with Crippen LogP contribution >= 0.6 is 0 Å². The molecule has 0 aliphatic rings. The zero-order chi connectivity index (χ0) is 15.2. The molecule has 0 aliphatic heterocycles. The maximum atomic E-state index is 6.29.